The quantitative estimate of drug-likeness (QED) is 0.313. The normalized spacial score (nSPS) is 16.2. The van der Waals surface area contributed by atoms with Crippen molar-refractivity contribution in [3.05, 3.63) is 99.3 Å². The minimum atomic E-state index is -0.564. The van der Waals surface area contributed by atoms with Gasteiger partial charge in [0, 0.05) is 16.8 Å². The highest BCUT2D eigenvalue weighted by atomic mass is 35.5. The largest absolute Gasteiger partial charge is 0.332 e. The maximum Gasteiger partial charge on any atom is 0.270 e. The molecule has 0 aliphatic carbocycles. The summed E-state index contributed by atoms with van der Waals surface area (Å²) in [4.78, 5) is 27.1. The van der Waals surface area contributed by atoms with E-state index in [9.17, 15) is 9.59 Å². The summed E-state index contributed by atoms with van der Waals surface area (Å²) in [7, 11) is 0. The Balaban J connectivity index is 1.73. The molecule has 1 atom stereocenters. The van der Waals surface area contributed by atoms with Crippen LogP contribution in [-0.4, -0.2) is 21.5 Å². The monoisotopic (exact) mass is 479 g/mol. The van der Waals surface area contributed by atoms with Gasteiger partial charge in [0.2, 0.25) is 0 Å². The number of carbonyl (C=O) groups excluding carboxylic acids is 2. The van der Waals surface area contributed by atoms with Crippen molar-refractivity contribution in [3.63, 3.8) is 0 Å². The summed E-state index contributed by atoms with van der Waals surface area (Å²) in [6.07, 6.45) is 3.40. The topological polar surface area (TPSA) is 54.3 Å². The summed E-state index contributed by atoms with van der Waals surface area (Å²) >= 11 is 16.9. The average Bonchev–Trinajstić information content (AvgIpc) is 2.79. The molecule has 8 heteroatoms. The van der Waals surface area contributed by atoms with Gasteiger partial charge in [-0.05, 0) is 61.1 Å². The second kappa shape index (κ2) is 9.16. The van der Waals surface area contributed by atoms with Crippen molar-refractivity contribution in [1.29, 1.82) is 0 Å². The maximum atomic E-state index is 13.2. The van der Waals surface area contributed by atoms with Crippen molar-refractivity contribution in [2.45, 2.75) is 13.0 Å². The van der Waals surface area contributed by atoms with Crippen LogP contribution in [0.5, 0.6) is 0 Å². The highest BCUT2D eigenvalue weighted by molar-refractivity contribution is 7.80. The molecule has 1 aromatic heterocycles. The molecule has 1 unspecified atom stereocenters. The zero-order chi connectivity index (χ0) is 22.8. The molecule has 0 spiro atoms. The van der Waals surface area contributed by atoms with Crippen molar-refractivity contribution in [2.24, 2.45) is 0 Å². The Morgan fingerprint density at radius 2 is 1.66 bits per heavy atom. The van der Waals surface area contributed by atoms with Crippen LogP contribution >= 0.6 is 36.0 Å². The first-order valence-corrected chi connectivity index (χ1v) is 11.0. The Morgan fingerprint density at radius 1 is 0.969 bits per heavy atom. The molecule has 2 amide bonds. The minimum absolute atomic E-state index is 0.0129. The summed E-state index contributed by atoms with van der Waals surface area (Å²) in [5, 5.41) is 3.12. The average molecular weight is 480 g/mol. The number of halogens is 1. The van der Waals surface area contributed by atoms with Crippen LogP contribution in [0.15, 0.2) is 78.5 Å². The molecule has 1 saturated heterocycles. The first kappa shape index (κ1) is 22.1. The van der Waals surface area contributed by atoms with Crippen LogP contribution in [0.2, 0.25) is 5.02 Å². The number of carbonyl (C=O) groups is 2. The van der Waals surface area contributed by atoms with Gasteiger partial charge in [-0.25, -0.2) is 0 Å². The highest BCUT2D eigenvalue weighted by Gasteiger charge is 2.34. The predicted octanol–water partition coefficient (Wildman–Crippen LogP) is 5.31. The van der Waals surface area contributed by atoms with E-state index in [1.54, 1.807) is 30.3 Å². The van der Waals surface area contributed by atoms with Crippen LogP contribution < -0.4 is 10.2 Å². The number of nitrogens with one attached hydrogen (secondary N) is 1. The third kappa shape index (κ3) is 4.27. The lowest BCUT2D eigenvalue weighted by Gasteiger charge is -2.29. The summed E-state index contributed by atoms with van der Waals surface area (Å²) < 4.78 is 2.45. The molecule has 5 nitrogen and oxygen atoms in total. The van der Waals surface area contributed by atoms with Crippen molar-refractivity contribution in [3.8, 4) is 0 Å². The zero-order valence-electron chi connectivity index (χ0n) is 17.0. The lowest BCUT2D eigenvalue weighted by Crippen LogP contribution is -2.54. The molecule has 160 valence electrons. The van der Waals surface area contributed by atoms with Crippen LogP contribution in [0, 0.1) is 4.64 Å². The first-order chi connectivity index (χ1) is 15.4. The van der Waals surface area contributed by atoms with Crippen molar-refractivity contribution >= 4 is 64.7 Å². The van der Waals surface area contributed by atoms with Gasteiger partial charge in [-0.1, -0.05) is 60.2 Å². The van der Waals surface area contributed by atoms with E-state index in [-0.39, 0.29) is 16.7 Å². The number of thiocarbonyl (C=S) groups is 1. The van der Waals surface area contributed by atoms with Gasteiger partial charge < -0.3 is 4.57 Å². The highest BCUT2D eigenvalue weighted by Crippen LogP contribution is 2.25. The van der Waals surface area contributed by atoms with Crippen molar-refractivity contribution < 1.29 is 9.59 Å². The third-order valence-corrected chi connectivity index (χ3v) is 6.17. The minimum Gasteiger partial charge on any atom is -0.332 e. The molecule has 2 heterocycles. The molecule has 1 fully saturated rings. The van der Waals surface area contributed by atoms with Crippen LogP contribution in [0.25, 0.3) is 6.08 Å². The van der Waals surface area contributed by atoms with Gasteiger partial charge in [-0.2, -0.15) is 0 Å². The van der Waals surface area contributed by atoms with E-state index in [1.807, 2.05) is 54.1 Å². The standard InChI is InChI=1S/C24H18ClN3O2S2/c1-15(16-6-3-2-4-7-16)27-13-5-8-17(23(27)31)14-20-21(29)26-24(32)28(22(20)30)19-11-9-18(25)10-12-19/h2-15H,1H3,(H,26,29,32)/b20-14-. The summed E-state index contributed by atoms with van der Waals surface area (Å²) in [5.74, 6) is -1.09. The zero-order valence-corrected chi connectivity index (χ0v) is 19.4. The molecule has 1 N–H and O–H groups in total. The lowest BCUT2D eigenvalue weighted by atomic mass is 10.1. The Morgan fingerprint density at radius 3 is 2.34 bits per heavy atom. The van der Waals surface area contributed by atoms with Crippen molar-refractivity contribution in [2.75, 3.05) is 4.90 Å². The molecule has 2 aromatic carbocycles. The second-order valence-corrected chi connectivity index (χ2v) is 8.41. The fourth-order valence-corrected chi connectivity index (χ4v) is 4.23. The van der Waals surface area contributed by atoms with Gasteiger partial charge in [-0.3, -0.25) is 19.8 Å². The molecular formula is C24H18ClN3O2S2. The van der Waals surface area contributed by atoms with Crippen LogP contribution in [0.3, 0.4) is 0 Å². The summed E-state index contributed by atoms with van der Waals surface area (Å²) in [5.41, 5.74) is 2.14. The number of rotatable bonds is 4. The van der Waals surface area contributed by atoms with E-state index >= 15 is 0 Å². The number of hydrogen-bond donors (Lipinski definition) is 1. The lowest BCUT2D eigenvalue weighted by molar-refractivity contribution is -0.122. The molecule has 32 heavy (non-hydrogen) atoms. The van der Waals surface area contributed by atoms with E-state index in [0.717, 1.165) is 5.56 Å². The van der Waals surface area contributed by atoms with Crippen LogP contribution in [0.4, 0.5) is 5.69 Å². The van der Waals surface area contributed by atoms with E-state index < -0.39 is 11.8 Å². The number of pyridine rings is 1. The smallest absolute Gasteiger partial charge is 0.270 e. The van der Waals surface area contributed by atoms with E-state index in [1.165, 1.54) is 11.0 Å². The molecule has 4 rings (SSSR count). The molecule has 1 aliphatic heterocycles. The Bertz CT molecular complexity index is 1300. The van der Waals surface area contributed by atoms with Gasteiger partial charge in [0.25, 0.3) is 11.8 Å². The number of anilines is 1. The van der Waals surface area contributed by atoms with Gasteiger partial charge in [0.15, 0.2) is 5.11 Å². The van der Waals surface area contributed by atoms with Crippen LogP contribution in [0.1, 0.15) is 24.1 Å². The van der Waals surface area contributed by atoms with E-state index in [2.05, 4.69) is 5.32 Å². The van der Waals surface area contributed by atoms with Crippen molar-refractivity contribution in [1.82, 2.24) is 9.88 Å². The molecule has 0 radical (unpaired) electrons. The summed E-state index contributed by atoms with van der Waals surface area (Å²) in [6, 6.07) is 20.2. The Kier molecular flexibility index (Phi) is 6.32. The summed E-state index contributed by atoms with van der Waals surface area (Å²) in [6.45, 7) is 2.04. The number of benzene rings is 2. The fraction of sp³-hybridized carbons (Fsp3) is 0.0833. The fourth-order valence-electron chi connectivity index (χ4n) is 3.47. The number of nitrogens with zero attached hydrogens (tertiary/aromatic N) is 2. The molecule has 3 aromatic rings. The van der Waals surface area contributed by atoms with Gasteiger partial charge >= 0.3 is 0 Å². The predicted molar refractivity (Wildman–Crippen MR) is 133 cm³/mol. The molecule has 1 aliphatic rings. The first-order valence-electron chi connectivity index (χ1n) is 9.80. The van der Waals surface area contributed by atoms with Crippen LogP contribution in [-0.2, 0) is 9.59 Å². The second-order valence-electron chi connectivity index (χ2n) is 7.20. The van der Waals surface area contributed by atoms with E-state index in [0.29, 0.717) is 20.9 Å². The number of aromatic nitrogens is 1. The molecule has 0 saturated carbocycles. The Hall–Kier alpha value is -3.13. The number of amides is 2. The Labute approximate surface area is 200 Å². The van der Waals surface area contributed by atoms with Gasteiger partial charge in [0.05, 0.1) is 11.7 Å². The van der Waals surface area contributed by atoms with Gasteiger partial charge in [-0.15, -0.1) is 0 Å². The third-order valence-electron chi connectivity index (χ3n) is 5.19. The van der Waals surface area contributed by atoms with E-state index in [4.69, 9.17) is 36.0 Å². The van der Waals surface area contributed by atoms with Gasteiger partial charge in [0.1, 0.15) is 10.2 Å². The maximum absolute atomic E-state index is 13.2. The SMILES string of the molecule is CC(c1ccccc1)n1cccc(/C=C2/C(=O)NC(=S)N(c3ccc(Cl)cc3)C2=O)c1=S. The molecule has 0 bridgehead atoms. The number of hydrogen-bond acceptors (Lipinski definition) is 4. The molecular weight excluding hydrogens is 462 g/mol.